The summed E-state index contributed by atoms with van der Waals surface area (Å²) < 4.78 is 0. The Balaban J connectivity index is 1.51. The molecule has 3 rings (SSSR count). The summed E-state index contributed by atoms with van der Waals surface area (Å²) in [6, 6.07) is 11.5. The largest absolute Gasteiger partial charge is 0.354 e. The standard InChI is InChI=1S/C18H21ClN4O/c1-14-15(19)5-4-6-16(14)21-18(24)13-22-9-11-23(12-10-22)17-7-2-3-8-20-17/h2-8H,9-13H2,1H3,(H,21,24). The Morgan fingerprint density at radius 1 is 1.17 bits per heavy atom. The number of anilines is 2. The summed E-state index contributed by atoms with van der Waals surface area (Å²) in [6.45, 7) is 5.74. The third-order valence-electron chi connectivity index (χ3n) is 4.25. The van der Waals surface area contributed by atoms with Gasteiger partial charge >= 0.3 is 0 Å². The van der Waals surface area contributed by atoms with E-state index in [9.17, 15) is 4.79 Å². The average Bonchev–Trinajstić information content (AvgIpc) is 2.60. The summed E-state index contributed by atoms with van der Waals surface area (Å²) in [7, 11) is 0. The number of rotatable bonds is 4. The van der Waals surface area contributed by atoms with Gasteiger partial charge in [-0.3, -0.25) is 9.69 Å². The van der Waals surface area contributed by atoms with E-state index >= 15 is 0 Å². The molecule has 24 heavy (non-hydrogen) atoms. The first-order valence-corrected chi connectivity index (χ1v) is 8.44. The zero-order chi connectivity index (χ0) is 16.9. The first-order valence-electron chi connectivity index (χ1n) is 8.07. The highest BCUT2D eigenvalue weighted by Gasteiger charge is 2.20. The molecule has 1 N–H and O–H groups in total. The summed E-state index contributed by atoms with van der Waals surface area (Å²) in [4.78, 5) is 21.1. The topological polar surface area (TPSA) is 48.5 Å². The van der Waals surface area contributed by atoms with Crippen molar-refractivity contribution in [2.45, 2.75) is 6.92 Å². The lowest BCUT2D eigenvalue weighted by molar-refractivity contribution is -0.117. The van der Waals surface area contributed by atoms with Crippen LogP contribution in [0.1, 0.15) is 5.56 Å². The summed E-state index contributed by atoms with van der Waals surface area (Å²) in [6.07, 6.45) is 1.81. The number of hydrogen-bond donors (Lipinski definition) is 1. The zero-order valence-electron chi connectivity index (χ0n) is 13.7. The van der Waals surface area contributed by atoms with E-state index in [-0.39, 0.29) is 5.91 Å². The van der Waals surface area contributed by atoms with E-state index in [0.29, 0.717) is 11.6 Å². The van der Waals surface area contributed by atoms with Crippen LogP contribution in [-0.2, 0) is 4.79 Å². The number of nitrogens with zero attached hydrogens (tertiary/aromatic N) is 3. The SMILES string of the molecule is Cc1c(Cl)cccc1NC(=O)CN1CCN(c2ccccn2)CC1. The first kappa shape index (κ1) is 16.7. The number of carbonyl (C=O) groups is 1. The second-order valence-corrected chi connectivity index (χ2v) is 6.32. The fourth-order valence-corrected chi connectivity index (χ4v) is 2.99. The lowest BCUT2D eigenvalue weighted by Crippen LogP contribution is -2.48. The summed E-state index contributed by atoms with van der Waals surface area (Å²) in [5.74, 6) is 0.989. The van der Waals surface area contributed by atoms with Crippen molar-refractivity contribution in [1.82, 2.24) is 9.88 Å². The molecule has 1 fully saturated rings. The molecule has 1 aromatic carbocycles. The van der Waals surface area contributed by atoms with Crippen molar-refractivity contribution < 1.29 is 4.79 Å². The number of amides is 1. The van der Waals surface area contributed by atoms with Crippen molar-refractivity contribution in [3.8, 4) is 0 Å². The van der Waals surface area contributed by atoms with Crippen LogP contribution < -0.4 is 10.2 Å². The van der Waals surface area contributed by atoms with Gasteiger partial charge in [-0.05, 0) is 36.8 Å². The molecule has 0 aliphatic carbocycles. The number of nitrogens with one attached hydrogen (secondary N) is 1. The van der Waals surface area contributed by atoms with Crippen LogP contribution in [-0.4, -0.2) is 48.5 Å². The van der Waals surface area contributed by atoms with Crippen LogP contribution in [0.25, 0.3) is 0 Å². The van der Waals surface area contributed by atoms with Gasteiger partial charge < -0.3 is 10.2 Å². The number of aromatic nitrogens is 1. The maximum Gasteiger partial charge on any atom is 0.238 e. The maximum atomic E-state index is 12.3. The molecule has 2 aromatic rings. The van der Waals surface area contributed by atoms with E-state index < -0.39 is 0 Å². The van der Waals surface area contributed by atoms with Gasteiger partial charge in [-0.2, -0.15) is 0 Å². The highest BCUT2D eigenvalue weighted by Crippen LogP contribution is 2.22. The molecule has 0 bridgehead atoms. The number of halogens is 1. The molecule has 1 aliphatic rings. The summed E-state index contributed by atoms with van der Waals surface area (Å²) in [5, 5.41) is 3.61. The molecule has 1 amide bonds. The molecule has 0 spiro atoms. The number of pyridine rings is 1. The van der Waals surface area contributed by atoms with Gasteiger partial charge in [-0.25, -0.2) is 4.98 Å². The number of piperazine rings is 1. The monoisotopic (exact) mass is 344 g/mol. The second kappa shape index (κ2) is 7.64. The van der Waals surface area contributed by atoms with E-state index in [1.807, 2.05) is 49.5 Å². The van der Waals surface area contributed by atoms with E-state index in [0.717, 1.165) is 43.2 Å². The number of carbonyl (C=O) groups excluding carboxylic acids is 1. The lowest BCUT2D eigenvalue weighted by Gasteiger charge is -2.35. The third-order valence-corrected chi connectivity index (χ3v) is 4.66. The molecule has 0 saturated carbocycles. The normalized spacial score (nSPS) is 15.3. The quantitative estimate of drug-likeness (QED) is 0.926. The van der Waals surface area contributed by atoms with Gasteiger partial charge in [0.2, 0.25) is 5.91 Å². The Bertz CT molecular complexity index is 699. The Morgan fingerprint density at radius 3 is 2.67 bits per heavy atom. The molecule has 0 atom stereocenters. The molecular formula is C18H21ClN4O. The van der Waals surface area contributed by atoms with Gasteiger partial charge in [-0.1, -0.05) is 23.7 Å². The van der Waals surface area contributed by atoms with Gasteiger partial charge in [0.15, 0.2) is 0 Å². The van der Waals surface area contributed by atoms with E-state index in [1.165, 1.54) is 0 Å². The zero-order valence-corrected chi connectivity index (χ0v) is 14.5. The number of hydrogen-bond acceptors (Lipinski definition) is 4. The van der Waals surface area contributed by atoms with E-state index in [4.69, 9.17) is 11.6 Å². The first-order chi connectivity index (χ1) is 11.6. The molecule has 2 heterocycles. The molecule has 1 aromatic heterocycles. The van der Waals surface area contributed by atoms with Gasteiger partial charge in [0.25, 0.3) is 0 Å². The Labute approximate surface area is 147 Å². The van der Waals surface area contributed by atoms with Crippen LogP contribution in [0.3, 0.4) is 0 Å². The van der Waals surface area contributed by atoms with E-state index in [2.05, 4.69) is 20.1 Å². The molecule has 6 heteroatoms. The van der Waals surface area contributed by atoms with Crippen molar-refractivity contribution >= 4 is 29.0 Å². The van der Waals surface area contributed by atoms with Gasteiger partial charge in [0.05, 0.1) is 6.54 Å². The molecule has 126 valence electrons. The Kier molecular flexibility index (Phi) is 5.33. The Hall–Kier alpha value is -2.11. The van der Waals surface area contributed by atoms with E-state index in [1.54, 1.807) is 0 Å². The van der Waals surface area contributed by atoms with Crippen molar-refractivity contribution in [3.05, 3.63) is 53.2 Å². The van der Waals surface area contributed by atoms with Crippen molar-refractivity contribution in [2.24, 2.45) is 0 Å². The molecule has 1 aliphatic heterocycles. The predicted molar refractivity (Wildman–Crippen MR) is 97.7 cm³/mol. The maximum absolute atomic E-state index is 12.3. The van der Waals surface area contributed by atoms with Crippen LogP contribution >= 0.6 is 11.6 Å². The van der Waals surface area contributed by atoms with Crippen LogP contribution in [0.4, 0.5) is 11.5 Å². The molecule has 5 nitrogen and oxygen atoms in total. The smallest absolute Gasteiger partial charge is 0.238 e. The minimum absolute atomic E-state index is 0.00773. The predicted octanol–water partition coefficient (Wildman–Crippen LogP) is 2.80. The van der Waals surface area contributed by atoms with Crippen LogP contribution in [0.15, 0.2) is 42.6 Å². The average molecular weight is 345 g/mol. The van der Waals surface area contributed by atoms with Gasteiger partial charge in [-0.15, -0.1) is 0 Å². The van der Waals surface area contributed by atoms with Crippen LogP contribution in [0, 0.1) is 6.92 Å². The van der Waals surface area contributed by atoms with Gasteiger partial charge in [0.1, 0.15) is 5.82 Å². The van der Waals surface area contributed by atoms with Crippen LogP contribution in [0.5, 0.6) is 0 Å². The van der Waals surface area contributed by atoms with Crippen LogP contribution in [0.2, 0.25) is 5.02 Å². The molecule has 0 unspecified atom stereocenters. The summed E-state index contributed by atoms with van der Waals surface area (Å²) in [5.41, 5.74) is 1.67. The molecular weight excluding hydrogens is 324 g/mol. The van der Waals surface area contributed by atoms with Crippen molar-refractivity contribution in [3.63, 3.8) is 0 Å². The fourth-order valence-electron chi connectivity index (χ4n) is 2.81. The minimum atomic E-state index is -0.00773. The van der Waals surface area contributed by atoms with Gasteiger partial charge in [0, 0.05) is 43.1 Å². The number of benzene rings is 1. The van der Waals surface area contributed by atoms with Crippen molar-refractivity contribution in [1.29, 1.82) is 0 Å². The fraction of sp³-hybridized carbons (Fsp3) is 0.333. The third kappa shape index (κ3) is 4.04. The second-order valence-electron chi connectivity index (χ2n) is 5.91. The highest BCUT2D eigenvalue weighted by molar-refractivity contribution is 6.31. The van der Waals surface area contributed by atoms with Crippen molar-refractivity contribution in [2.75, 3.05) is 42.9 Å². The summed E-state index contributed by atoms with van der Waals surface area (Å²) >= 11 is 6.09. The highest BCUT2D eigenvalue weighted by atomic mass is 35.5. The lowest BCUT2D eigenvalue weighted by atomic mass is 10.2. The minimum Gasteiger partial charge on any atom is -0.354 e. The molecule has 0 radical (unpaired) electrons. The molecule has 1 saturated heterocycles. The Morgan fingerprint density at radius 2 is 1.96 bits per heavy atom.